The van der Waals surface area contributed by atoms with Crippen molar-refractivity contribution < 1.29 is 45.2 Å². The molecule has 0 radical (unpaired) electrons. The lowest BCUT2D eigenvalue weighted by Crippen LogP contribution is -2.70. The predicted octanol–water partition coefficient (Wildman–Crippen LogP) is 3.30. The van der Waals surface area contributed by atoms with Gasteiger partial charge in [-0.25, -0.2) is 0 Å². The smallest absolute Gasteiger partial charge is 0.186 e. The Labute approximate surface area is 270 Å². The van der Waals surface area contributed by atoms with E-state index in [0.29, 0.717) is 25.7 Å². The molecule has 0 aromatic rings. The molecular formula is C36H62O9. The lowest BCUT2D eigenvalue weighted by atomic mass is 9.34. The van der Waals surface area contributed by atoms with Crippen LogP contribution in [-0.2, 0) is 9.47 Å². The van der Waals surface area contributed by atoms with Crippen molar-refractivity contribution in [3.05, 3.63) is 11.6 Å². The first kappa shape index (κ1) is 35.7. The van der Waals surface area contributed by atoms with Gasteiger partial charge in [0, 0.05) is 0 Å². The third kappa shape index (κ3) is 5.68. The summed E-state index contributed by atoms with van der Waals surface area (Å²) in [7, 11) is 0. The van der Waals surface area contributed by atoms with Crippen molar-refractivity contribution in [1.82, 2.24) is 0 Å². The van der Waals surface area contributed by atoms with Crippen molar-refractivity contribution in [2.75, 3.05) is 6.61 Å². The number of fused-ring (bicyclic) bond motifs is 5. The molecule has 0 amide bonds. The van der Waals surface area contributed by atoms with Gasteiger partial charge in [-0.15, -0.1) is 0 Å². The molecule has 15 atom stereocenters. The number of hydrogen-bond donors (Lipinski definition) is 7. The Bertz CT molecular complexity index is 1100. The molecule has 0 aromatic carbocycles. The zero-order valence-corrected chi connectivity index (χ0v) is 28.8. The average Bonchev–Trinajstić information content (AvgIpc) is 3.32. The van der Waals surface area contributed by atoms with E-state index < -0.39 is 66.6 Å². The SMILES string of the molecule is CC(=CCCC(C)(C)O)[C@H]1CC[C@]2(C)[C@@H]1[C@H](O)C[C@@H]1[C@@]3(C)CC[C@H](O)C(C)(C)[C@@H]3[C@@H](O[C@@H]3O[C@H](CO)[C@@H](O)[C@H](O)[C@H]3O)C[C@]12C. The molecule has 5 aliphatic rings. The fraction of sp³-hybridized carbons (Fsp3) is 0.944. The van der Waals surface area contributed by atoms with Gasteiger partial charge in [-0.3, -0.25) is 0 Å². The fourth-order valence-electron chi connectivity index (χ4n) is 11.7. The van der Waals surface area contributed by atoms with Crippen molar-refractivity contribution in [1.29, 1.82) is 0 Å². The maximum Gasteiger partial charge on any atom is 0.186 e. The molecular weight excluding hydrogens is 576 g/mol. The van der Waals surface area contributed by atoms with Crippen LogP contribution in [0.5, 0.6) is 0 Å². The van der Waals surface area contributed by atoms with E-state index in [4.69, 9.17) is 9.47 Å². The van der Waals surface area contributed by atoms with E-state index in [1.54, 1.807) is 0 Å². The monoisotopic (exact) mass is 638 g/mol. The number of aliphatic hydroxyl groups excluding tert-OH is 6. The Hall–Kier alpha value is -0.620. The van der Waals surface area contributed by atoms with Crippen LogP contribution in [0.3, 0.4) is 0 Å². The molecule has 0 bridgehead atoms. The molecule has 9 nitrogen and oxygen atoms in total. The van der Waals surface area contributed by atoms with Gasteiger partial charge in [0.25, 0.3) is 0 Å². The largest absolute Gasteiger partial charge is 0.394 e. The molecule has 1 saturated heterocycles. The first-order valence-corrected chi connectivity index (χ1v) is 17.4. The van der Waals surface area contributed by atoms with Crippen LogP contribution in [0.15, 0.2) is 11.6 Å². The third-order valence-electron chi connectivity index (χ3n) is 14.2. The molecule has 9 heteroatoms. The highest BCUT2D eigenvalue weighted by Gasteiger charge is 2.72. The molecule has 5 fully saturated rings. The summed E-state index contributed by atoms with van der Waals surface area (Å²) in [4.78, 5) is 0. The Morgan fingerprint density at radius 3 is 2.22 bits per heavy atom. The van der Waals surface area contributed by atoms with Gasteiger partial charge in [0.05, 0.1) is 30.5 Å². The minimum Gasteiger partial charge on any atom is -0.394 e. The van der Waals surface area contributed by atoms with E-state index in [9.17, 15) is 35.7 Å². The number of aliphatic hydroxyl groups is 7. The second kappa shape index (κ2) is 12.1. The van der Waals surface area contributed by atoms with Crippen LogP contribution in [0.25, 0.3) is 0 Å². The van der Waals surface area contributed by atoms with Crippen LogP contribution in [0.1, 0.15) is 107 Å². The van der Waals surface area contributed by atoms with E-state index >= 15 is 0 Å². The summed E-state index contributed by atoms with van der Waals surface area (Å²) < 4.78 is 12.6. The third-order valence-corrected chi connectivity index (χ3v) is 14.2. The van der Waals surface area contributed by atoms with Gasteiger partial charge in [0.15, 0.2) is 6.29 Å². The highest BCUT2D eigenvalue weighted by molar-refractivity contribution is 5.24. The summed E-state index contributed by atoms with van der Waals surface area (Å²) in [5, 5.41) is 75.5. The summed E-state index contributed by atoms with van der Waals surface area (Å²) in [6, 6.07) is 0. The molecule has 1 aliphatic heterocycles. The summed E-state index contributed by atoms with van der Waals surface area (Å²) in [5.41, 5.74) is -0.729. The summed E-state index contributed by atoms with van der Waals surface area (Å²) in [6.07, 6.45) is 0.140. The van der Waals surface area contributed by atoms with Crippen molar-refractivity contribution in [2.24, 2.45) is 45.3 Å². The lowest BCUT2D eigenvalue weighted by molar-refractivity contribution is -0.346. The summed E-state index contributed by atoms with van der Waals surface area (Å²) >= 11 is 0. The standard InChI is InChI=1S/C36H62O9/c1-19(10-9-13-32(2,3)43)20-11-15-35(7)26(20)21(38)16-24-34(6)14-12-25(39)33(4,5)30(34)22(17-36(24,35)8)44-31-29(42)28(41)27(40)23(18-37)45-31/h10,20-31,37-43H,9,11-18H2,1-8H3/t20-,21-,22+,23-,24-,25+,26+,27-,28+,29-,30+,31-,34-,35-,36-/m1/s1. The van der Waals surface area contributed by atoms with Gasteiger partial charge in [0.1, 0.15) is 24.4 Å². The minimum absolute atomic E-state index is 0.0624. The predicted molar refractivity (Wildman–Crippen MR) is 170 cm³/mol. The zero-order chi connectivity index (χ0) is 33.5. The van der Waals surface area contributed by atoms with Crippen LogP contribution in [0.2, 0.25) is 0 Å². The van der Waals surface area contributed by atoms with Crippen molar-refractivity contribution in [2.45, 2.75) is 161 Å². The number of ether oxygens (including phenoxy) is 2. The van der Waals surface area contributed by atoms with Gasteiger partial charge in [-0.05, 0) is 117 Å². The molecule has 5 rings (SSSR count). The first-order chi connectivity index (χ1) is 20.7. The van der Waals surface area contributed by atoms with Crippen molar-refractivity contribution in [3.8, 4) is 0 Å². The molecule has 1 heterocycles. The second-order valence-corrected chi connectivity index (χ2v) is 17.6. The molecule has 0 spiro atoms. The Morgan fingerprint density at radius 2 is 1.60 bits per heavy atom. The van der Waals surface area contributed by atoms with Crippen LogP contribution in [0.4, 0.5) is 0 Å². The second-order valence-electron chi connectivity index (χ2n) is 17.6. The lowest BCUT2D eigenvalue weighted by Gasteiger charge is -2.72. The number of rotatable bonds is 7. The Morgan fingerprint density at radius 1 is 0.933 bits per heavy atom. The van der Waals surface area contributed by atoms with E-state index in [1.165, 1.54) is 5.57 Å². The van der Waals surface area contributed by atoms with E-state index in [0.717, 1.165) is 25.7 Å². The van der Waals surface area contributed by atoms with Crippen LogP contribution >= 0.6 is 0 Å². The summed E-state index contributed by atoms with van der Waals surface area (Å²) in [6.45, 7) is 16.5. The molecule has 45 heavy (non-hydrogen) atoms. The maximum atomic E-state index is 12.1. The first-order valence-electron chi connectivity index (χ1n) is 17.4. The van der Waals surface area contributed by atoms with Crippen LogP contribution < -0.4 is 0 Å². The van der Waals surface area contributed by atoms with E-state index in [1.807, 2.05) is 13.8 Å². The van der Waals surface area contributed by atoms with Gasteiger partial charge < -0.3 is 45.2 Å². The Kier molecular flexibility index (Phi) is 9.56. The normalized spacial score (nSPS) is 51.8. The topological polar surface area (TPSA) is 160 Å². The molecule has 4 saturated carbocycles. The van der Waals surface area contributed by atoms with Gasteiger partial charge in [0.2, 0.25) is 0 Å². The molecule has 7 N–H and O–H groups in total. The van der Waals surface area contributed by atoms with Gasteiger partial charge in [-0.1, -0.05) is 46.3 Å². The van der Waals surface area contributed by atoms with E-state index in [2.05, 4.69) is 47.6 Å². The van der Waals surface area contributed by atoms with Gasteiger partial charge >= 0.3 is 0 Å². The van der Waals surface area contributed by atoms with Crippen molar-refractivity contribution in [3.63, 3.8) is 0 Å². The molecule has 260 valence electrons. The van der Waals surface area contributed by atoms with E-state index in [-0.39, 0.29) is 39.9 Å². The van der Waals surface area contributed by atoms with Crippen LogP contribution in [-0.4, -0.2) is 97.0 Å². The van der Waals surface area contributed by atoms with Crippen molar-refractivity contribution >= 4 is 0 Å². The average molecular weight is 639 g/mol. The Balaban J connectivity index is 1.52. The van der Waals surface area contributed by atoms with Crippen LogP contribution in [0, 0.1) is 45.3 Å². The quantitative estimate of drug-likeness (QED) is 0.164. The highest BCUT2D eigenvalue weighted by atomic mass is 16.7. The molecule has 0 unspecified atom stereocenters. The van der Waals surface area contributed by atoms with Gasteiger partial charge in [-0.2, -0.15) is 0 Å². The summed E-state index contributed by atoms with van der Waals surface area (Å²) in [5.74, 6) is 0.343. The zero-order valence-electron chi connectivity index (χ0n) is 28.8. The minimum atomic E-state index is -1.53. The molecule has 4 aliphatic carbocycles. The molecule has 0 aromatic heterocycles. The maximum absolute atomic E-state index is 12.1. The number of hydrogen-bond acceptors (Lipinski definition) is 9. The highest BCUT2D eigenvalue weighted by Crippen LogP contribution is 2.76. The number of allylic oxidation sites excluding steroid dienone is 2. The fourth-order valence-corrected chi connectivity index (χ4v) is 11.7.